The number of amides is 1. The zero-order valence-electron chi connectivity index (χ0n) is 16.5. The van der Waals surface area contributed by atoms with E-state index in [9.17, 15) is 18.0 Å². The molecular formula is C21H26F3N3O2+2. The molecule has 1 aliphatic rings. The molecule has 0 unspecified atom stereocenters. The van der Waals surface area contributed by atoms with E-state index in [1.165, 1.54) is 10.5 Å². The van der Waals surface area contributed by atoms with Crippen molar-refractivity contribution in [3.63, 3.8) is 0 Å². The van der Waals surface area contributed by atoms with E-state index in [0.717, 1.165) is 55.5 Å². The number of methoxy groups -OCH3 is 1. The van der Waals surface area contributed by atoms with Gasteiger partial charge in [-0.1, -0.05) is 0 Å². The number of hydrogen-bond donors (Lipinski definition) is 3. The second-order valence-corrected chi connectivity index (χ2v) is 7.37. The van der Waals surface area contributed by atoms with Crippen molar-refractivity contribution < 1.29 is 32.5 Å². The third-order valence-electron chi connectivity index (χ3n) is 5.51. The number of halogens is 3. The largest absolute Gasteiger partial charge is 0.497 e. The summed E-state index contributed by atoms with van der Waals surface area (Å²) in [5, 5.41) is 2.38. The fourth-order valence-corrected chi connectivity index (χ4v) is 3.62. The molecule has 29 heavy (non-hydrogen) atoms. The Morgan fingerprint density at radius 2 is 1.69 bits per heavy atom. The van der Waals surface area contributed by atoms with Crippen LogP contribution >= 0.6 is 0 Å². The molecule has 3 N–H and O–H groups in total. The van der Waals surface area contributed by atoms with Crippen molar-refractivity contribution in [2.75, 3.05) is 38.6 Å². The van der Waals surface area contributed by atoms with E-state index in [2.05, 4.69) is 17.4 Å². The molecule has 1 heterocycles. The number of carbonyl (C=O) groups excluding carboxylic acids is 1. The number of rotatable bonds is 6. The standard InChI is InChI=1S/C21H24F3N3O2/c1-14(21(28)25-18-8-7-17(22)19(23)20(18)24)27-11-9-26(10-12-27)13-15-3-5-16(29-2)6-4-15/h3-8,14H,9-13H2,1-2H3,(H,25,28)/p+2/t14-/m1/s1. The van der Waals surface area contributed by atoms with E-state index in [1.807, 2.05) is 12.1 Å². The predicted octanol–water partition coefficient (Wildman–Crippen LogP) is 0.423. The molecule has 0 aromatic heterocycles. The highest BCUT2D eigenvalue weighted by molar-refractivity contribution is 5.93. The molecule has 0 saturated carbocycles. The van der Waals surface area contributed by atoms with Gasteiger partial charge in [-0.15, -0.1) is 0 Å². The Balaban J connectivity index is 1.52. The maximum atomic E-state index is 13.8. The first-order valence-electron chi connectivity index (χ1n) is 9.64. The molecule has 1 fully saturated rings. The first-order valence-corrected chi connectivity index (χ1v) is 9.64. The summed E-state index contributed by atoms with van der Waals surface area (Å²) in [5.41, 5.74) is 0.882. The van der Waals surface area contributed by atoms with Gasteiger partial charge in [0.1, 0.15) is 38.5 Å². The summed E-state index contributed by atoms with van der Waals surface area (Å²) >= 11 is 0. The number of benzene rings is 2. The SMILES string of the molecule is COc1ccc(C[NH+]2CC[NH+]([C@H](C)C(=O)Nc3ccc(F)c(F)c3F)CC2)cc1. The third kappa shape index (κ3) is 5.07. The topological polar surface area (TPSA) is 47.2 Å². The maximum Gasteiger partial charge on any atom is 0.282 e. The van der Waals surface area contributed by atoms with Crippen LogP contribution in [-0.4, -0.2) is 45.2 Å². The van der Waals surface area contributed by atoms with Gasteiger partial charge >= 0.3 is 0 Å². The van der Waals surface area contributed by atoms with Crippen molar-refractivity contribution in [3.05, 3.63) is 59.4 Å². The molecule has 1 amide bonds. The lowest BCUT2D eigenvalue weighted by Gasteiger charge is -2.32. The summed E-state index contributed by atoms with van der Waals surface area (Å²) < 4.78 is 45.3. The average Bonchev–Trinajstić information content (AvgIpc) is 2.74. The van der Waals surface area contributed by atoms with Crippen LogP contribution in [0.15, 0.2) is 36.4 Å². The highest BCUT2D eigenvalue weighted by Gasteiger charge is 2.31. The fraction of sp³-hybridized carbons (Fsp3) is 0.381. The number of quaternary nitrogens is 2. The van der Waals surface area contributed by atoms with Crippen LogP contribution in [0, 0.1) is 17.5 Å². The van der Waals surface area contributed by atoms with E-state index in [0.29, 0.717) is 0 Å². The normalized spacial score (nSPS) is 20.2. The minimum atomic E-state index is -1.58. The Morgan fingerprint density at radius 3 is 2.31 bits per heavy atom. The summed E-state index contributed by atoms with van der Waals surface area (Å²) in [6.07, 6.45) is 0. The second kappa shape index (κ2) is 9.28. The fourth-order valence-electron chi connectivity index (χ4n) is 3.62. The minimum Gasteiger partial charge on any atom is -0.497 e. The molecule has 5 nitrogen and oxygen atoms in total. The number of hydrogen-bond acceptors (Lipinski definition) is 2. The highest BCUT2D eigenvalue weighted by atomic mass is 19.2. The Kier molecular flexibility index (Phi) is 6.76. The van der Waals surface area contributed by atoms with E-state index in [1.54, 1.807) is 14.0 Å². The van der Waals surface area contributed by atoms with Crippen LogP contribution in [0.5, 0.6) is 5.75 Å². The Labute approximate surface area is 168 Å². The summed E-state index contributed by atoms with van der Waals surface area (Å²) in [7, 11) is 1.64. The van der Waals surface area contributed by atoms with Crippen LogP contribution in [0.4, 0.5) is 18.9 Å². The van der Waals surface area contributed by atoms with Crippen molar-refractivity contribution in [2.45, 2.75) is 19.5 Å². The van der Waals surface area contributed by atoms with Crippen LogP contribution in [0.2, 0.25) is 0 Å². The number of carbonyl (C=O) groups is 1. The molecule has 3 rings (SSSR count). The molecule has 1 aliphatic heterocycles. The van der Waals surface area contributed by atoms with E-state index >= 15 is 0 Å². The van der Waals surface area contributed by atoms with Crippen LogP contribution in [0.3, 0.4) is 0 Å². The van der Waals surface area contributed by atoms with Gasteiger partial charge in [-0.05, 0) is 43.3 Å². The average molecular weight is 409 g/mol. The molecule has 156 valence electrons. The molecular weight excluding hydrogens is 383 g/mol. The summed E-state index contributed by atoms with van der Waals surface area (Å²) in [5.74, 6) is -3.83. The zero-order valence-corrected chi connectivity index (χ0v) is 16.5. The highest BCUT2D eigenvalue weighted by Crippen LogP contribution is 2.19. The Hall–Kier alpha value is -2.58. The van der Waals surface area contributed by atoms with Gasteiger partial charge in [0.15, 0.2) is 23.5 Å². The minimum absolute atomic E-state index is 0.344. The van der Waals surface area contributed by atoms with Crippen molar-refractivity contribution in [2.24, 2.45) is 0 Å². The molecule has 1 saturated heterocycles. The molecule has 0 spiro atoms. The first-order chi connectivity index (χ1) is 13.9. The van der Waals surface area contributed by atoms with Gasteiger partial charge in [0, 0.05) is 5.56 Å². The maximum absolute atomic E-state index is 13.8. The van der Waals surface area contributed by atoms with Gasteiger partial charge in [0.25, 0.3) is 5.91 Å². The monoisotopic (exact) mass is 409 g/mol. The first kappa shape index (κ1) is 21.1. The van der Waals surface area contributed by atoms with Crippen molar-refractivity contribution in [1.82, 2.24) is 0 Å². The smallest absolute Gasteiger partial charge is 0.282 e. The lowest BCUT2D eigenvalue weighted by molar-refractivity contribution is -1.02. The molecule has 0 aliphatic carbocycles. The van der Waals surface area contributed by atoms with E-state index in [4.69, 9.17) is 4.74 Å². The lowest BCUT2D eigenvalue weighted by atomic mass is 10.1. The molecule has 2 aromatic carbocycles. The van der Waals surface area contributed by atoms with Gasteiger partial charge in [-0.3, -0.25) is 4.79 Å². The molecule has 0 bridgehead atoms. The van der Waals surface area contributed by atoms with Crippen LogP contribution in [0.1, 0.15) is 12.5 Å². The predicted molar refractivity (Wildman–Crippen MR) is 102 cm³/mol. The number of nitrogens with one attached hydrogen (secondary N) is 3. The second-order valence-electron chi connectivity index (χ2n) is 7.37. The summed E-state index contributed by atoms with van der Waals surface area (Å²) in [4.78, 5) is 15.0. The molecule has 8 heteroatoms. The van der Waals surface area contributed by atoms with Gasteiger partial charge in [-0.25, -0.2) is 13.2 Å². The summed E-state index contributed by atoms with van der Waals surface area (Å²) in [6.45, 7) is 6.05. The molecule has 2 aromatic rings. The van der Waals surface area contributed by atoms with Crippen LogP contribution < -0.4 is 19.9 Å². The van der Waals surface area contributed by atoms with Gasteiger partial charge in [-0.2, -0.15) is 0 Å². The Morgan fingerprint density at radius 1 is 1.03 bits per heavy atom. The van der Waals surface area contributed by atoms with Gasteiger partial charge < -0.3 is 19.9 Å². The van der Waals surface area contributed by atoms with E-state index in [-0.39, 0.29) is 5.69 Å². The molecule has 1 atom stereocenters. The van der Waals surface area contributed by atoms with Gasteiger partial charge in [0.2, 0.25) is 0 Å². The number of piperazine rings is 1. The van der Waals surface area contributed by atoms with Crippen molar-refractivity contribution in [3.8, 4) is 5.75 Å². The lowest BCUT2D eigenvalue weighted by Crippen LogP contribution is -3.29. The zero-order chi connectivity index (χ0) is 21.0. The van der Waals surface area contributed by atoms with E-state index < -0.39 is 29.4 Å². The van der Waals surface area contributed by atoms with Gasteiger partial charge in [0.05, 0.1) is 12.8 Å². The van der Waals surface area contributed by atoms with Crippen molar-refractivity contribution >= 4 is 11.6 Å². The Bertz CT molecular complexity index is 853. The van der Waals surface area contributed by atoms with Crippen molar-refractivity contribution in [1.29, 1.82) is 0 Å². The summed E-state index contributed by atoms with van der Waals surface area (Å²) in [6, 6.07) is 9.40. The molecule has 0 radical (unpaired) electrons. The van der Waals surface area contributed by atoms with Crippen LogP contribution in [-0.2, 0) is 11.3 Å². The van der Waals surface area contributed by atoms with Crippen LogP contribution in [0.25, 0.3) is 0 Å². The number of anilines is 1. The number of ether oxygens (including phenoxy) is 1. The quantitative estimate of drug-likeness (QED) is 0.606. The third-order valence-corrected chi connectivity index (χ3v) is 5.51.